The van der Waals surface area contributed by atoms with Gasteiger partial charge in [-0.25, -0.2) is 8.78 Å². The molecule has 0 amide bonds. The summed E-state index contributed by atoms with van der Waals surface area (Å²) in [4.78, 5) is 0. The highest BCUT2D eigenvalue weighted by Crippen LogP contribution is 2.34. The van der Waals surface area contributed by atoms with Crippen LogP contribution in [-0.4, -0.2) is 32.9 Å². The van der Waals surface area contributed by atoms with Gasteiger partial charge in [0.2, 0.25) is 0 Å². The minimum atomic E-state index is -1.32. The maximum atomic E-state index is 13.8. The zero-order valence-electron chi connectivity index (χ0n) is 9.88. The first-order valence-electron chi connectivity index (χ1n) is 4.99. The van der Waals surface area contributed by atoms with E-state index in [0.29, 0.717) is 0 Å². The van der Waals surface area contributed by atoms with Gasteiger partial charge in [-0.1, -0.05) is 0 Å². The first-order valence-corrected chi connectivity index (χ1v) is 4.99. The van der Waals surface area contributed by atoms with Crippen LogP contribution in [0.1, 0.15) is 11.7 Å². The Kier molecular flexibility index (Phi) is 4.65. The fraction of sp³-hybridized carbons (Fsp3) is 0.455. The summed E-state index contributed by atoms with van der Waals surface area (Å²) >= 11 is 0. The van der Waals surface area contributed by atoms with E-state index < -0.39 is 23.3 Å². The lowest BCUT2D eigenvalue weighted by Crippen LogP contribution is -2.19. The fourth-order valence-electron chi connectivity index (χ4n) is 1.49. The topological polar surface area (TPSA) is 50.7 Å². The first-order chi connectivity index (χ1) is 8.06. The summed E-state index contributed by atoms with van der Waals surface area (Å²) in [6.45, 7) is 0.0180. The van der Waals surface area contributed by atoms with E-state index in [0.717, 1.165) is 6.07 Å². The molecule has 0 fully saturated rings. The van der Waals surface area contributed by atoms with E-state index in [9.17, 15) is 13.9 Å². The molecule has 0 bridgehead atoms. The number of hydrogen-bond acceptors (Lipinski definition) is 4. The summed E-state index contributed by atoms with van der Waals surface area (Å²) in [5, 5.41) is 12.3. The molecule has 96 valence electrons. The Labute approximate surface area is 98.2 Å². The molecule has 0 saturated carbocycles. The molecule has 1 unspecified atom stereocenters. The van der Waals surface area contributed by atoms with Crippen molar-refractivity contribution in [3.8, 4) is 11.5 Å². The highest BCUT2D eigenvalue weighted by atomic mass is 19.1. The summed E-state index contributed by atoms with van der Waals surface area (Å²) in [7, 11) is 4.07. The number of likely N-dealkylation sites (N-methyl/N-ethyl adjacent to an activating group) is 1. The summed E-state index contributed by atoms with van der Waals surface area (Å²) in [5.74, 6) is -2.19. The Morgan fingerprint density at radius 3 is 2.06 bits per heavy atom. The molecule has 0 aromatic heterocycles. The first kappa shape index (κ1) is 13.7. The average Bonchev–Trinajstić information content (AvgIpc) is 2.30. The SMILES string of the molecule is CNCC(O)c1c(F)c(OC)cc(OC)c1F. The molecule has 1 rings (SSSR count). The van der Waals surface area contributed by atoms with Crippen molar-refractivity contribution < 1.29 is 23.4 Å². The highest BCUT2D eigenvalue weighted by Gasteiger charge is 2.24. The number of hydrogen-bond donors (Lipinski definition) is 2. The lowest BCUT2D eigenvalue weighted by molar-refractivity contribution is 0.165. The van der Waals surface area contributed by atoms with E-state index >= 15 is 0 Å². The minimum absolute atomic E-state index is 0.0180. The van der Waals surface area contributed by atoms with Gasteiger partial charge in [0.05, 0.1) is 25.9 Å². The van der Waals surface area contributed by atoms with Gasteiger partial charge >= 0.3 is 0 Å². The molecule has 2 N–H and O–H groups in total. The van der Waals surface area contributed by atoms with Crippen molar-refractivity contribution in [2.45, 2.75) is 6.10 Å². The van der Waals surface area contributed by atoms with E-state index in [1.165, 1.54) is 14.2 Å². The number of aliphatic hydroxyl groups excluding tert-OH is 1. The lowest BCUT2D eigenvalue weighted by atomic mass is 10.1. The predicted octanol–water partition coefficient (Wildman–Crippen LogP) is 1.23. The zero-order valence-corrected chi connectivity index (χ0v) is 9.88. The zero-order chi connectivity index (χ0) is 13.0. The third-order valence-electron chi connectivity index (χ3n) is 2.34. The predicted molar refractivity (Wildman–Crippen MR) is 58.3 cm³/mol. The number of aliphatic hydroxyl groups is 1. The maximum absolute atomic E-state index is 13.8. The van der Waals surface area contributed by atoms with Gasteiger partial charge < -0.3 is 19.9 Å². The van der Waals surface area contributed by atoms with Crippen LogP contribution in [0.4, 0.5) is 8.78 Å². The Balaban J connectivity index is 3.34. The Hall–Kier alpha value is -1.40. The van der Waals surface area contributed by atoms with Crippen molar-refractivity contribution in [2.75, 3.05) is 27.8 Å². The third-order valence-corrected chi connectivity index (χ3v) is 2.34. The summed E-state index contributed by atoms with van der Waals surface area (Å²) in [6, 6.07) is 1.10. The van der Waals surface area contributed by atoms with Gasteiger partial charge in [0, 0.05) is 12.6 Å². The van der Waals surface area contributed by atoms with Crippen molar-refractivity contribution in [3.05, 3.63) is 23.3 Å². The molecule has 0 aliphatic carbocycles. The van der Waals surface area contributed by atoms with Crippen molar-refractivity contribution in [3.63, 3.8) is 0 Å². The molecule has 1 atom stereocenters. The molecular weight excluding hydrogens is 232 g/mol. The number of methoxy groups -OCH3 is 2. The van der Waals surface area contributed by atoms with Crippen molar-refractivity contribution >= 4 is 0 Å². The van der Waals surface area contributed by atoms with Crippen LogP contribution in [0.2, 0.25) is 0 Å². The van der Waals surface area contributed by atoms with E-state index in [2.05, 4.69) is 5.32 Å². The van der Waals surface area contributed by atoms with E-state index in [1.807, 2.05) is 0 Å². The van der Waals surface area contributed by atoms with Gasteiger partial charge in [-0.05, 0) is 7.05 Å². The van der Waals surface area contributed by atoms with Crippen molar-refractivity contribution in [2.24, 2.45) is 0 Å². The second-order valence-electron chi connectivity index (χ2n) is 3.40. The fourth-order valence-corrected chi connectivity index (χ4v) is 1.49. The highest BCUT2D eigenvalue weighted by molar-refractivity contribution is 5.42. The Bertz CT molecular complexity index is 371. The third kappa shape index (κ3) is 2.65. The summed E-state index contributed by atoms with van der Waals surface area (Å²) in [5.41, 5.74) is -0.462. The van der Waals surface area contributed by atoms with Crippen LogP contribution in [0.15, 0.2) is 6.07 Å². The van der Waals surface area contributed by atoms with Gasteiger partial charge in [-0.2, -0.15) is 0 Å². The molecule has 0 radical (unpaired) electrons. The van der Waals surface area contributed by atoms with Crippen LogP contribution in [-0.2, 0) is 0 Å². The van der Waals surface area contributed by atoms with Crippen LogP contribution in [0.3, 0.4) is 0 Å². The summed E-state index contributed by atoms with van der Waals surface area (Å²) < 4.78 is 37.1. The number of benzene rings is 1. The summed E-state index contributed by atoms with van der Waals surface area (Å²) in [6.07, 6.45) is -1.32. The Morgan fingerprint density at radius 2 is 1.71 bits per heavy atom. The molecule has 4 nitrogen and oxygen atoms in total. The minimum Gasteiger partial charge on any atom is -0.494 e. The van der Waals surface area contributed by atoms with Gasteiger partial charge in [0.15, 0.2) is 23.1 Å². The van der Waals surface area contributed by atoms with Crippen LogP contribution in [0.25, 0.3) is 0 Å². The molecule has 0 spiro atoms. The van der Waals surface area contributed by atoms with Crippen molar-refractivity contribution in [1.82, 2.24) is 5.32 Å². The number of rotatable bonds is 5. The van der Waals surface area contributed by atoms with Gasteiger partial charge in [-0.3, -0.25) is 0 Å². The molecule has 0 aliphatic rings. The maximum Gasteiger partial charge on any atom is 0.174 e. The van der Waals surface area contributed by atoms with E-state index in [4.69, 9.17) is 9.47 Å². The molecule has 17 heavy (non-hydrogen) atoms. The lowest BCUT2D eigenvalue weighted by Gasteiger charge is -2.16. The monoisotopic (exact) mass is 247 g/mol. The molecule has 1 aromatic carbocycles. The van der Waals surface area contributed by atoms with Crippen LogP contribution < -0.4 is 14.8 Å². The van der Waals surface area contributed by atoms with Crippen LogP contribution in [0.5, 0.6) is 11.5 Å². The number of ether oxygens (including phenoxy) is 2. The molecule has 0 heterocycles. The standard InChI is InChI=1S/C11H15F2NO3/c1-14-5-6(15)9-10(12)7(16-2)4-8(17-3)11(9)13/h4,6,14-15H,5H2,1-3H3. The van der Waals surface area contributed by atoms with Gasteiger partial charge in [0.25, 0.3) is 0 Å². The second kappa shape index (κ2) is 5.79. The second-order valence-corrected chi connectivity index (χ2v) is 3.40. The normalized spacial score (nSPS) is 12.4. The largest absolute Gasteiger partial charge is 0.494 e. The molecule has 1 aromatic rings. The molecular formula is C11H15F2NO3. The molecule has 6 heteroatoms. The van der Waals surface area contributed by atoms with Gasteiger partial charge in [0.1, 0.15) is 0 Å². The van der Waals surface area contributed by atoms with E-state index in [-0.39, 0.29) is 18.0 Å². The Morgan fingerprint density at radius 1 is 1.24 bits per heavy atom. The molecule has 0 aliphatic heterocycles. The molecule has 0 saturated heterocycles. The van der Waals surface area contributed by atoms with Crippen LogP contribution >= 0.6 is 0 Å². The van der Waals surface area contributed by atoms with E-state index in [1.54, 1.807) is 7.05 Å². The smallest absolute Gasteiger partial charge is 0.174 e. The quantitative estimate of drug-likeness (QED) is 0.821. The average molecular weight is 247 g/mol. The number of halogens is 2. The van der Waals surface area contributed by atoms with Crippen LogP contribution in [0, 0.1) is 11.6 Å². The van der Waals surface area contributed by atoms with Crippen molar-refractivity contribution in [1.29, 1.82) is 0 Å². The van der Waals surface area contributed by atoms with Gasteiger partial charge in [-0.15, -0.1) is 0 Å². The number of nitrogens with one attached hydrogen (secondary N) is 1.